The topological polar surface area (TPSA) is 82.4 Å². The Morgan fingerprint density at radius 3 is 2.32 bits per heavy atom. The molecule has 4 rings (SSSR count). The lowest BCUT2D eigenvalue weighted by Gasteiger charge is -2.15. The van der Waals surface area contributed by atoms with E-state index in [0.717, 1.165) is 4.57 Å². The lowest BCUT2D eigenvalue weighted by atomic mass is 10.2. The maximum atomic E-state index is 13.1. The quantitative estimate of drug-likeness (QED) is 0.631. The summed E-state index contributed by atoms with van der Waals surface area (Å²) in [6, 6.07) is 11.5. The molecule has 11 heteroatoms. The van der Waals surface area contributed by atoms with E-state index in [0.29, 0.717) is 10.8 Å². The molecule has 1 aliphatic heterocycles. The van der Waals surface area contributed by atoms with Gasteiger partial charge in [-0.1, -0.05) is 11.6 Å². The summed E-state index contributed by atoms with van der Waals surface area (Å²) in [6.45, 7) is -1.44. The minimum atomic E-state index is -4.47. The molecule has 3 aromatic rings. The molecule has 160 valence electrons. The maximum absolute atomic E-state index is 13.1. The normalized spacial score (nSPS) is 13.0. The molecule has 0 saturated heterocycles. The van der Waals surface area contributed by atoms with Crippen molar-refractivity contribution >= 4 is 23.3 Å². The zero-order valence-corrected chi connectivity index (χ0v) is 16.3. The Bertz CT molecular complexity index is 1190. The third-order valence-electron chi connectivity index (χ3n) is 4.26. The largest absolute Gasteiger partial charge is 0.484 e. The van der Waals surface area contributed by atoms with Crippen molar-refractivity contribution < 1.29 is 27.4 Å². The number of alkyl halides is 3. The minimum absolute atomic E-state index is 0.0275. The summed E-state index contributed by atoms with van der Waals surface area (Å²) >= 11 is 5.87. The smallest absolute Gasteiger partial charge is 0.422 e. The molecule has 31 heavy (non-hydrogen) atoms. The van der Waals surface area contributed by atoms with E-state index >= 15 is 0 Å². The molecule has 1 N–H and O–H groups in total. The first kappa shape index (κ1) is 20.7. The van der Waals surface area contributed by atoms with Crippen LogP contribution in [0.5, 0.6) is 17.5 Å². The van der Waals surface area contributed by atoms with Gasteiger partial charge in [0.2, 0.25) is 5.91 Å². The molecule has 0 aliphatic carbocycles. The summed E-state index contributed by atoms with van der Waals surface area (Å²) in [4.78, 5) is 29.1. The Morgan fingerprint density at radius 1 is 1.03 bits per heavy atom. The molecule has 1 amide bonds. The Morgan fingerprint density at radius 2 is 1.68 bits per heavy atom. The van der Waals surface area contributed by atoms with Gasteiger partial charge in [0.15, 0.2) is 6.61 Å². The molecule has 0 bridgehead atoms. The van der Waals surface area contributed by atoms with Crippen molar-refractivity contribution in [1.82, 2.24) is 9.55 Å². The zero-order chi connectivity index (χ0) is 22.2. The van der Waals surface area contributed by atoms with Gasteiger partial charge in [0.1, 0.15) is 17.3 Å². The first-order valence-corrected chi connectivity index (χ1v) is 9.26. The number of hydrogen-bond acceptors (Lipinski definition) is 5. The number of hydrogen-bond donors (Lipinski definition) is 1. The molecule has 0 fully saturated rings. The van der Waals surface area contributed by atoms with Crippen LogP contribution in [0.1, 0.15) is 5.56 Å². The number of ether oxygens (including phenoxy) is 2. The van der Waals surface area contributed by atoms with Gasteiger partial charge in [-0.25, -0.2) is 4.57 Å². The Kier molecular flexibility index (Phi) is 5.32. The van der Waals surface area contributed by atoms with Gasteiger partial charge in [0.05, 0.1) is 17.7 Å². The molecule has 1 aromatic heterocycles. The van der Waals surface area contributed by atoms with E-state index in [4.69, 9.17) is 21.1 Å². The Labute approximate surface area is 178 Å². The highest BCUT2D eigenvalue weighted by Gasteiger charge is 2.29. The SMILES string of the molecule is O=C1Cc2c(nc(Oc3ccc(Cl)cc3)n(-c3ccc(OCC(F)(F)F)cc3)c2=O)N1. The van der Waals surface area contributed by atoms with E-state index in [1.165, 1.54) is 24.3 Å². The van der Waals surface area contributed by atoms with Gasteiger partial charge in [0.25, 0.3) is 5.56 Å². The van der Waals surface area contributed by atoms with Gasteiger partial charge >= 0.3 is 12.2 Å². The molecule has 1 aliphatic rings. The second kappa shape index (κ2) is 7.95. The van der Waals surface area contributed by atoms with Crippen molar-refractivity contribution in [1.29, 1.82) is 0 Å². The summed E-state index contributed by atoms with van der Waals surface area (Å²) in [5, 5.41) is 2.98. The highest BCUT2D eigenvalue weighted by Crippen LogP contribution is 2.28. The van der Waals surface area contributed by atoms with Crippen LogP contribution in [-0.2, 0) is 11.2 Å². The first-order valence-electron chi connectivity index (χ1n) is 8.89. The van der Waals surface area contributed by atoms with E-state index < -0.39 is 18.3 Å². The standard InChI is InChI=1S/C20H13ClF3N3O4/c21-11-1-5-14(6-2-11)31-19-26-17-15(9-16(28)25-17)18(29)27(19)12-3-7-13(8-4-12)30-10-20(22,23)24/h1-8H,9-10H2,(H,25,28). The molecule has 0 spiro atoms. The Balaban J connectivity index is 1.73. The highest BCUT2D eigenvalue weighted by atomic mass is 35.5. The fraction of sp³-hybridized carbons (Fsp3) is 0.150. The minimum Gasteiger partial charge on any atom is -0.484 e. The molecule has 0 saturated carbocycles. The van der Waals surface area contributed by atoms with Gasteiger partial charge < -0.3 is 14.8 Å². The van der Waals surface area contributed by atoms with E-state index in [-0.39, 0.29) is 41.2 Å². The maximum Gasteiger partial charge on any atom is 0.422 e. The van der Waals surface area contributed by atoms with Gasteiger partial charge in [-0.15, -0.1) is 0 Å². The summed E-state index contributed by atoms with van der Waals surface area (Å²) in [7, 11) is 0. The van der Waals surface area contributed by atoms with Crippen molar-refractivity contribution in [3.63, 3.8) is 0 Å². The molecular formula is C20H13ClF3N3O4. The number of anilines is 1. The number of halogens is 4. The molecule has 2 heterocycles. The third kappa shape index (κ3) is 4.64. The number of rotatable bonds is 5. The van der Waals surface area contributed by atoms with Crippen molar-refractivity contribution in [2.45, 2.75) is 12.6 Å². The lowest BCUT2D eigenvalue weighted by Crippen LogP contribution is -2.24. The molecule has 0 radical (unpaired) electrons. The molecule has 7 nitrogen and oxygen atoms in total. The van der Waals surface area contributed by atoms with Crippen LogP contribution in [0.15, 0.2) is 53.3 Å². The molecule has 0 atom stereocenters. The van der Waals surface area contributed by atoms with Crippen LogP contribution in [-0.4, -0.2) is 28.2 Å². The predicted octanol–water partition coefficient (Wildman–Crippen LogP) is 4.11. The van der Waals surface area contributed by atoms with Crippen LogP contribution in [0.4, 0.5) is 19.0 Å². The third-order valence-corrected chi connectivity index (χ3v) is 4.51. The second-order valence-corrected chi connectivity index (χ2v) is 6.98. The number of benzene rings is 2. The first-order chi connectivity index (χ1) is 14.7. The van der Waals surface area contributed by atoms with Crippen LogP contribution in [0.3, 0.4) is 0 Å². The van der Waals surface area contributed by atoms with E-state index in [2.05, 4.69) is 10.3 Å². The van der Waals surface area contributed by atoms with Gasteiger partial charge in [-0.05, 0) is 48.5 Å². The number of carbonyl (C=O) groups excluding carboxylic acids is 1. The average Bonchev–Trinajstić information content (AvgIpc) is 3.09. The number of fused-ring (bicyclic) bond motifs is 1. The molecule has 0 unspecified atom stereocenters. The van der Waals surface area contributed by atoms with Crippen LogP contribution in [0.25, 0.3) is 5.69 Å². The van der Waals surface area contributed by atoms with Gasteiger partial charge in [-0.2, -0.15) is 18.2 Å². The summed E-state index contributed by atoms with van der Waals surface area (Å²) in [6.07, 6.45) is -4.62. The van der Waals surface area contributed by atoms with Crippen molar-refractivity contribution in [3.8, 4) is 23.2 Å². The monoisotopic (exact) mass is 451 g/mol. The summed E-state index contributed by atoms with van der Waals surface area (Å²) in [5.41, 5.74) is -0.120. The fourth-order valence-electron chi connectivity index (χ4n) is 2.90. The molecule has 2 aromatic carbocycles. The van der Waals surface area contributed by atoms with Crippen LogP contribution in [0, 0.1) is 0 Å². The highest BCUT2D eigenvalue weighted by molar-refractivity contribution is 6.30. The zero-order valence-electron chi connectivity index (χ0n) is 15.6. The fourth-order valence-corrected chi connectivity index (χ4v) is 3.02. The predicted molar refractivity (Wildman–Crippen MR) is 105 cm³/mol. The number of carbonyl (C=O) groups is 1. The van der Waals surface area contributed by atoms with E-state index in [9.17, 15) is 22.8 Å². The second-order valence-electron chi connectivity index (χ2n) is 6.54. The van der Waals surface area contributed by atoms with Gasteiger partial charge in [0, 0.05) is 5.02 Å². The summed E-state index contributed by atoms with van der Waals surface area (Å²) in [5.74, 6) is 0.0192. The van der Waals surface area contributed by atoms with Crippen LogP contribution >= 0.6 is 11.6 Å². The number of nitrogens with one attached hydrogen (secondary N) is 1. The average molecular weight is 452 g/mol. The summed E-state index contributed by atoms with van der Waals surface area (Å²) < 4.78 is 48.6. The number of aromatic nitrogens is 2. The van der Waals surface area contributed by atoms with E-state index in [1.54, 1.807) is 24.3 Å². The molecular weight excluding hydrogens is 439 g/mol. The number of nitrogens with zero attached hydrogens (tertiary/aromatic N) is 2. The number of amides is 1. The van der Waals surface area contributed by atoms with Gasteiger partial charge in [-0.3, -0.25) is 9.59 Å². The lowest BCUT2D eigenvalue weighted by molar-refractivity contribution is -0.153. The van der Waals surface area contributed by atoms with Crippen LogP contribution in [0.2, 0.25) is 5.02 Å². The van der Waals surface area contributed by atoms with Crippen molar-refractivity contribution in [2.75, 3.05) is 11.9 Å². The Hall–Kier alpha value is -3.53. The van der Waals surface area contributed by atoms with Crippen LogP contribution < -0.4 is 20.3 Å². The van der Waals surface area contributed by atoms with Crippen molar-refractivity contribution in [2.24, 2.45) is 0 Å². The van der Waals surface area contributed by atoms with E-state index in [1.807, 2.05) is 0 Å². The van der Waals surface area contributed by atoms with Crippen molar-refractivity contribution in [3.05, 3.63) is 69.5 Å².